The number of aryl methyl sites for hydroxylation is 1. The molecule has 0 fully saturated rings. The maximum Gasteiger partial charge on any atom is 0.116 e. The summed E-state index contributed by atoms with van der Waals surface area (Å²) in [5, 5.41) is 11.6. The minimum atomic E-state index is 0.670. The Balaban J connectivity index is 2.02. The molecular formula is C24H24N2S2. The van der Waals surface area contributed by atoms with Crippen LogP contribution in [0.2, 0.25) is 0 Å². The van der Waals surface area contributed by atoms with E-state index in [2.05, 4.69) is 56.3 Å². The molecular weight excluding hydrogens is 380 g/mol. The Morgan fingerprint density at radius 1 is 1.00 bits per heavy atom. The van der Waals surface area contributed by atoms with E-state index in [1.807, 2.05) is 36.0 Å². The van der Waals surface area contributed by atoms with E-state index in [1.54, 1.807) is 11.8 Å². The summed E-state index contributed by atoms with van der Waals surface area (Å²) in [6.45, 7) is 4.29. The van der Waals surface area contributed by atoms with Gasteiger partial charge in [-0.15, -0.1) is 0 Å². The molecule has 0 bridgehead atoms. The van der Waals surface area contributed by atoms with E-state index in [9.17, 15) is 5.26 Å². The van der Waals surface area contributed by atoms with Crippen molar-refractivity contribution in [1.29, 1.82) is 5.26 Å². The summed E-state index contributed by atoms with van der Waals surface area (Å²) in [5.41, 5.74) is 5.89. The largest absolute Gasteiger partial charge is 0.240 e. The lowest BCUT2D eigenvalue weighted by Gasteiger charge is -2.12. The Labute approximate surface area is 176 Å². The number of nitriles is 1. The van der Waals surface area contributed by atoms with Gasteiger partial charge in [-0.25, -0.2) is 4.98 Å². The van der Waals surface area contributed by atoms with E-state index in [0.29, 0.717) is 5.56 Å². The van der Waals surface area contributed by atoms with Crippen LogP contribution >= 0.6 is 23.5 Å². The molecule has 4 heteroatoms. The Morgan fingerprint density at radius 3 is 2.43 bits per heavy atom. The molecule has 0 N–H and O–H groups in total. The smallest absolute Gasteiger partial charge is 0.116 e. The Hall–Kier alpha value is -2.22. The predicted molar refractivity (Wildman–Crippen MR) is 123 cm³/mol. The van der Waals surface area contributed by atoms with Gasteiger partial charge in [0.15, 0.2) is 0 Å². The van der Waals surface area contributed by atoms with Crippen LogP contribution in [0.5, 0.6) is 0 Å². The topological polar surface area (TPSA) is 36.7 Å². The quantitative estimate of drug-likeness (QED) is 0.226. The minimum Gasteiger partial charge on any atom is -0.240 e. The Morgan fingerprint density at radius 2 is 1.75 bits per heavy atom. The fourth-order valence-electron chi connectivity index (χ4n) is 2.85. The fourth-order valence-corrected chi connectivity index (χ4v) is 5.06. The molecule has 0 aliphatic rings. The molecule has 3 rings (SSSR count). The van der Waals surface area contributed by atoms with Crippen molar-refractivity contribution >= 4 is 23.5 Å². The average Bonchev–Trinajstić information content (AvgIpc) is 2.74. The maximum absolute atomic E-state index is 9.89. The first kappa shape index (κ1) is 20.5. The van der Waals surface area contributed by atoms with Crippen molar-refractivity contribution < 1.29 is 0 Å². The van der Waals surface area contributed by atoms with Gasteiger partial charge < -0.3 is 0 Å². The van der Waals surface area contributed by atoms with Gasteiger partial charge in [-0.05, 0) is 30.7 Å². The van der Waals surface area contributed by atoms with E-state index in [-0.39, 0.29) is 0 Å². The molecule has 0 spiro atoms. The van der Waals surface area contributed by atoms with Gasteiger partial charge in [-0.2, -0.15) is 17.0 Å². The van der Waals surface area contributed by atoms with E-state index >= 15 is 0 Å². The van der Waals surface area contributed by atoms with Crippen LogP contribution in [0.25, 0.3) is 22.4 Å². The van der Waals surface area contributed by atoms with E-state index < -0.39 is 0 Å². The molecule has 0 amide bonds. The zero-order valence-corrected chi connectivity index (χ0v) is 17.9. The van der Waals surface area contributed by atoms with Crippen LogP contribution in [-0.2, 0) is 0 Å². The molecule has 28 heavy (non-hydrogen) atoms. The third-order valence-corrected chi connectivity index (χ3v) is 6.74. The number of unbranched alkanes of at least 4 members (excludes halogenated alkanes) is 1. The van der Waals surface area contributed by atoms with Crippen LogP contribution in [0, 0.1) is 18.3 Å². The second-order valence-electron chi connectivity index (χ2n) is 6.60. The second kappa shape index (κ2) is 10.4. The summed E-state index contributed by atoms with van der Waals surface area (Å²) in [6, 6.07) is 23.0. The molecule has 3 aromatic rings. The number of pyridine rings is 1. The zero-order valence-electron chi connectivity index (χ0n) is 16.3. The molecule has 0 atom stereocenters. The van der Waals surface area contributed by atoms with Crippen LogP contribution in [0.1, 0.15) is 30.9 Å². The molecule has 0 radical (unpaired) electrons. The van der Waals surface area contributed by atoms with Gasteiger partial charge in [0, 0.05) is 16.2 Å². The summed E-state index contributed by atoms with van der Waals surface area (Å²) in [7, 11) is 0. The lowest BCUT2D eigenvalue weighted by atomic mass is 9.99. The molecule has 2 aromatic carbocycles. The van der Waals surface area contributed by atoms with E-state index in [4.69, 9.17) is 4.98 Å². The molecule has 0 saturated heterocycles. The highest BCUT2D eigenvalue weighted by molar-refractivity contribution is 8.15. The predicted octanol–water partition coefficient (Wildman–Crippen LogP) is 7.18. The number of aromatic nitrogens is 1. The van der Waals surface area contributed by atoms with Crippen LogP contribution in [0.4, 0.5) is 0 Å². The number of benzene rings is 2. The number of thioether (sulfide) groups is 2. The highest BCUT2D eigenvalue weighted by Gasteiger charge is 2.15. The summed E-state index contributed by atoms with van der Waals surface area (Å²) in [4.78, 5) is 4.87. The van der Waals surface area contributed by atoms with Crippen LogP contribution in [0.3, 0.4) is 0 Å². The van der Waals surface area contributed by atoms with Gasteiger partial charge >= 0.3 is 0 Å². The standard InChI is InChI=1S/C24H24N2S2/c1-3-4-14-27-17-28-24-22(16-25)21(19-8-6-5-7-9-19)15-23(26-24)20-12-10-18(2)11-13-20/h5-13,15H,3-4,14,17H2,1-2H3. The SMILES string of the molecule is CCCCSCSc1nc(-c2ccc(C)cc2)cc(-c2ccccc2)c1C#N. The first-order chi connectivity index (χ1) is 13.7. The molecule has 0 aliphatic heterocycles. The third-order valence-electron chi connectivity index (χ3n) is 4.45. The van der Waals surface area contributed by atoms with Crippen LogP contribution < -0.4 is 0 Å². The lowest BCUT2D eigenvalue weighted by molar-refractivity contribution is 0.897. The maximum atomic E-state index is 9.89. The van der Waals surface area contributed by atoms with Gasteiger partial charge in [0.2, 0.25) is 0 Å². The average molecular weight is 405 g/mol. The monoisotopic (exact) mass is 404 g/mol. The van der Waals surface area contributed by atoms with Crippen molar-refractivity contribution in [3.05, 3.63) is 71.8 Å². The van der Waals surface area contributed by atoms with Gasteiger partial charge in [0.1, 0.15) is 11.1 Å². The van der Waals surface area contributed by atoms with Gasteiger partial charge in [0.05, 0.1) is 11.3 Å². The lowest BCUT2D eigenvalue weighted by Crippen LogP contribution is -1.96. The van der Waals surface area contributed by atoms with Crippen molar-refractivity contribution in [2.24, 2.45) is 0 Å². The summed E-state index contributed by atoms with van der Waals surface area (Å²) in [5.74, 6) is 1.15. The molecule has 0 unspecified atom stereocenters. The first-order valence-electron chi connectivity index (χ1n) is 9.51. The van der Waals surface area contributed by atoms with E-state index in [1.165, 1.54) is 18.4 Å². The normalized spacial score (nSPS) is 10.6. The number of hydrogen-bond donors (Lipinski definition) is 0. The second-order valence-corrected chi connectivity index (χ2v) is 9.04. The minimum absolute atomic E-state index is 0.670. The number of hydrogen-bond acceptors (Lipinski definition) is 4. The van der Waals surface area contributed by atoms with Crippen molar-refractivity contribution in [2.75, 3.05) is 10.8 Å². The van der Waals surface area contributed by atoms with Gasteiger partial charge in [0.25, 0.3) is 0 Å². The third kappa shape index (κ3) is 5.19. The van der Waals surface area contributed by atoms with Gasteiger partial charge in [-0.3, -0.25) is 0 Å². The molecule has 1 heterocycles. The molecule has 0 saturated carbocycles. The fraction of sp³-hybridized carbons (Fsp3) is 0.250. The van der Waals surface area contributed by atoms with Gasteiger partial charge in [-0.1, -0.05) is 85.3 Å². The van der Waals surface area contributed by atoms with Crippen molar-refractivity contribution in [3.8, 4) is 28.5 Å². The van der Waals surface area contributed by atoms with Crippen molar-refractivity contribution in [1.82, 2.24) is 4.98 Å². The van der Waals surface area contributed by atoms with Crippen molar-refractivity contribution in [2.45, 2.75) is 31.7 Å². The van der Waals surface area contributed by atoms with Crippen LogP contribution in [0.15, 0.2) is 65.7 Å². The highest BCUT2D eigenvalue weighted by Crippen LogP contribution is 2.35. The molecule has 1 aromatic heterocycles. The summed E-state index contributed by atoms with van der Waals surface area (Å²) >= 11 is 3.58. The first-order valence-corrected chi connectivity index (χ1v) is 11.6. The van der Waals surface area contributed by atoms with E-state index in [0.717, 1.165) is 38.2 Å². The number of rotatable bonds is 8. The zero-order chi connectivity index (χ0) is 19.8. The highest BCUT2D eigenvalue weighted by atomic mass is 32.2. The Bertz CT molecular complexity index is 945. The Kier molecular flexibility index (Phi) is 7.59. The van der Waals surface area contributed by atoms with Crippen molar-refractivity contribution in [3.63, 3.8) is 0 Å². The summed E-state index contributed by atoms with van der Waals surface area (Å²) < 4.78 is 0. The molecule has 2 nitrogen and oxygen atoms in total. The number of nitrogens with zero attached hydrogens (tertiary/aromatic N) is 2. The summed E-state index contributed by atoms with van der Waals surface area (Å²) in [6.07, 6.45) is 2.43. The molecule has 142 valence electrons. The molecule has 0 aliphatic carbocycles. The van der Waals surface area contributed by atoms with Crippen LogP contribution in [-0.4, -0.2) is 15.8 Å².